The van der Waals surface area contributed by atoms with Gasteiger partial charge in [-0.05, 0) is 37.6 Å². The Morgan fingerprint density at radius 2 is 1.88 bits per heavy atom. The minimum Gasteiger partial charge on any atom is -0.347 e. The molecule has 24 heavy (non-hydrogen) atoms. The molecule has 0 fully saturated rings. The Kier molecular flexibility index (Phi) is 4.06. The number of Topliss-reactive ketones (excluding diaryl/α,β-unsaturated/α-hetero) is 1. The third-order valence-corrected chi connectivity index (χ3v) is 4.57. The molecule has 1 atom stereocenters. The molecule has 1 aliphatic rings. The summed E-state index contributed by atoms with van der Waals surface area (Å²) in [5.41, 5.74) is 2.82. The molecule has 4 heteroatoms. The standard InChI is InChI=1S/C20H20N2O2/c1-14(23)13-20(2)15-8-4-5-10-17(15)22(3)19(20)12-18(24)16-9-6-7-11-21-16/h4-12H,13H2,1-3H3/b19-12-. The van der Waals surface area contributed by atoms with Gasteiger partial charge in [-0.1, -0.05) is 24.3 Å². The fourth-order valence-corrected chi connectivity index (χ4v) is 3.52. The van der Waals surface area contributed by atoms with E-state index in [1.807, 2.05) is 43.1 Å². The molecule has 122 valence electrons. The molecule has 0 spiro atoms. The first kappa shape index (κ1) is 16.1. The van der Waals surface area contributed by atoms with Crippen LogP contribution in [0.3, 0.4) is 0 Å². The number of ketones is 2. The highest BCUT2D eigenvalue weighted by Gasteiger charge is 2.43. The SMILES string of the molecule is CC(=O)CC1(C)/C(=C/C(=O)c2ccccn2)N(C)c2ccccc21. The third-order valence-electron chi connectivity index (χ3n) is 4.57. The number of carbonyl (C=O) groups excluding carboxylic acids is 2. The molecule has 1 aromatic heterocycles. The van der Waals surface area contributed by atoms with Crippen molar-refractivity contribution in [3.05, 3.63) is 71.7 Å². The second-order valence-corrected chi connectivity index (χ2v) is 6.40. The Labute approximate surface area is 141 Å². The highest BCUT2D eigenvalue weighted by Crippen LogP contribution is 2.49. The average molecular weight is 320 g/mol. The van der Waals surface area contributed by atoms with Crippen molar-refractivity contribution in [1.29, 1.82) is 0 Å². The number of hydrogen-bond donors (Lipinski definition) is 0. The Hall–Kier alpha value is -2.75. The third kappa shape index (κ3) is 2.64. The molecular weight excluding hydrogens is 300 g/mol. The molecule has 4 nitrogen and oxygen atoms in total. The molecule has 0 aliphatic carbocycles. The van der Waals surface area contributed by atoms with Crippen LogP contribution in [0, 0.1) is 0 Å². The maximum Gasteiger partial charge on any atom is 0.205 e. The Morgan fingerprint density at radius 3 is 2.54 bits per heavy atom. The van der Waals surface area contributed by atoms with E-state index in [1.54, 1.807) is 37.4 Å². The maximum absolute atomic E-state index is 12.6. The van der Waals surface area contributed by atoms with Crippen LogP contribution in [0.15, 0.2) is 60.4 Å². The number of likely N-dealkylation sites (N-methyl/N-ethyl adjacent to an activating group) is 1. The van der Waals surface area contributed by atoms with Crippen LogP contribution >= 0.6 is 0 Å². The van der Waals surface area contributed by atoms with Crippen molar-refractivity contribution < 1.29 is 9.59 Å². The first-order valence-corrected chi connectivity index (χ1v) is 7.93. The number of carbonyl (C=O) groups is 2. The molecule has 1 aliphatic heterocycles. The molecule has 0 amide bonds. The Morgan fingerprint density at radius 1 is 1.17 bits per heavy atom. The van der Waals surface area contributed by atoms with Gasteiger partial charge in [0.05, 0.1) is 0 Å². The number of rotatable bonds is 4. The number of pyridine rings is 1. The molecular formula is C20H20N2O2. The number of nitrogens with zero attached hydrogens (tertiary/aromatic N) is 2. The van der Waals surface area contributed by atoms with Crippen LogP contribution in [0.25, 0.3) is 0 Å². The lowest BCUT2D eigenvalue weighted by atomic mass is 9.77. The van der Waals surface area contributed by atoms with Crippen molar-refractivity contribution in [1.82, 2.24) is 4.98 Å². The van der Waals surface area contributed by atoms with Crippen molar-refractivity contribution in [3.63, 3.8) is 0 Å². The summed E-state index contributed by atoms with van der Waals surface area (Å²) < 4.78 is 0. The van der Waals surface area contributed by atoms with Crippen molar-refractivity contribution in [2.75, 3.05) is 11.9 Å². The number of fused-ring (bicyclic) bond motifs is 1. The van der Waals surface area contributed by atoms with Gasteiger partial charge in [-0.2, -0.15) is 0 Å². The number of anilines is 1. The van der Waals surface area contributed by atoms with Gasteiger partial charge in [0.2, 0.25) is 5.78 Å². The van der Waals surface area contributed by atoms with Crippen molar-refractivity contribution in [2.24, 2.45) is 0 Å². The molecule has 0 saturated carbocycles. The van der Waals surface area contributed by atoms with Gasteiger partial charge >= 0.3 is 0 Å². The second-order valence-electron chi connectivity index (χ2n) is 6.40. The van der Waals surface area contributed by atoms with E-state index in [2.05, 4.69) is 4.98 Å². The van der Waals surface area contributed by atoms with Gasteiger partial charge in [0.25, 0.3) is 0 Å². The van der Waals surface area contributed by atoms with Crippen LogP contribution in [-0.4, -0.2) is 23.6 Å². The zero-order valence-corrected chi connectivity index (χ0v) is 14.1. The summed E-state index contributed by atoms with van der Waals surface area (Å²) in [6.07, 6.45) is 3.58. The summed E-state index contributed by atoms with van der Waals surface area (Å²) in [4.78, 5) is 30.6. The van der Waals surface area contributed by atoms with E-state index in [1.165, 1.54) is 0 Å². The van der Waals surface area contributed by atoms with Crippen LogP contribution in [0.5, 0.6) is 0 Å². The first-order chi connectivity index (χ1) is 11.4. The summed E-state index contributed by atoms with van der Waals surface area (Å²) in [7, 11) is 1.93. The van der Waals surface area contributed by atoms with Gasteiger partial charge in [0.15, 0.2) is 0 Å². The molecule has 0 N–H and O–H groups in total. The molecule has 1 aromatic carbocycles. The minimum absolute atomic E-state index is 0.0961. The van der Waals surface area contributed by atoms with Crippen LogP contribution < -0.4 is 4.90 Å². The number of allylic oxidation sites excluding steroid dienone is 2. The van der Waals surface area contributed by atoms with Gasteiger partial charge in [0.1, 0.15) is 11.5 Å². The minimum atomic E-state index is -0.512. The Bertz CT molecular complexity index is 827. The first-order valence-electron chi connectivity index (χ1n) is 7.93. The van der Waals surface area contributed by atoms with E-state index in [4.69, 9.17) is 0 Å². The van der Waals surface area contributed by atoms with E-state index in [-0.39, 0.29) is 11.6 Å². The molecule has 1 unspecified atom stereocenters. The van der Waals surface area contributed by atoms with Gasteiger partial charge in [0, 0.05) is 42.5 Å². The summed E-state index contributed by atoms with van der Waals surface area (Å²) in [6, 6.07) is 13.2. The van der Waals surface area contributed by atoms with Gasteiger partial charge < -0.3 is 4.90 Å². The van der Waals surface area contributed by atoms with E-state index in [0.717, 1.165) is 16.9 Å². The zero-order chi connectivity index (χ0) is 17.3. The predicted octanol–water partition coefficient (Wildman–Crippen LogP) is 3.54. The van der Waals surface area contributed by atoms with Crippen molar-refractivity contribution in [2.45, 2.75) is 25.7 Å². The number of para-hydroxylation sites is 1. The molecule has 2 heterocycles. The van der Waals surface area contributed by atoms with E-state index in [9.17, 15) is 9.59 Å². The van der Waals surface area contributed by atoms with Crippen LogP contribution in [-0.2, 0) is 10.2 Å². The number of hydrogen-bond acceptors (Lipinski definition) is 4. The van der Waals surface area contributed by atoms with Crippen molar-refractivity contribution in [3.8, 4) is 0 Å². The summed E-state index contributed by atoms with van der Waals surface area (Å²) in [5.74, 6) is -0.0566. The normalized spacial score (nSPS) is 21.0. The number of benzene rings is 1. The van der Waals surface area contributed by atoms with Gasteiger partial charge in [-0.3, -0.25) is 14.6 Å². The average Bonchev–Trinajstić information content (AvgIpc) is 2.77. The van der Waals surface area contributed by atoms with Crippen LogP contribution in [0.2, 0.25) is 0 Å². The van der Waals surface area contributed by atoms with Gasteiger partial charge in [-0.15, -0.1) is 0 Å². The fourth-order valence-electron chi connectivity index (χ4n) is 3.52. The molecule has 3 rings (SSSR count). The monoisotopic (exact) mass is 320 g/mol. The highest BCUT2D eigenvalue weighted by molar-refractivity contribution is 6.04. The Balaban J connectivity index is 2.10. The van der Waals surface area contributed by atoms with Crippen LogP contribution in [0.4, 0.5) is 5.69 Å². The quantitative estimate of drug-likeness (QED) is 0.639. The maximum atomic E-state index is 12.6. The smallest absolute Gasteiger partial charge is 0.205 e. The summed E-state index contributed by atoms with van der Waals surface area (Å²) in [5, 5.41) is 0. The highest BCUT2D eigenvalue weighted by atomic mass is 16.1. The largest absolute Gasteiger partial charge is 0.347 e. The van der Waals surface area contributed by atoms with Crippen molar-refractivity contribution >= 4 is 17.3 Å². The second kappa shape index (κ2) is 6.04. The van der Waals surface area contributed by atoms with Gasteiger partial charge in [-0.25, -0.2) is 0 Å². The summed E-state index contributed by atoms with van der Waals surface area (Å²) in [6.45, 7) is 3.61. The van der Waals surface area contributed by atoms with E-state index >= 15 is 0 Å². The predicted molar refractivity (Wildman–Crippen MR) is 94.1 cm³/mol. The lowest BCUT2D eigenvalue weighted by molar-refractivity contribution is -0.117. The topological polar surface area (TPSA) is 50.3 Å². The molecule has 0 bridgehead atoms. The lowest BCUT2D eigenvalue weighted by Crippen LogP contribution is -2.29. The molecule has 0 saturated heterocycles. The zero-order valence-electron chi connectivity index (χ0n) is 14.1. The van der Waals surface area contributed by atoms with Crippen LogP contribution in [0.1, 0.15) is 36.3 Å². The lowest BCUT2D eigenvalue weighted by Gasteiger charge is -2.27. The molecule has 0 radical (unpaired) electrons. The fraction of sp³-hybridized carbons (Fsp3) is 0.250. The summed E-state index contributed by atoms with van der Waals surface area (Å²) >= 11 is 0. The number of aromatic nitrogens is 1. The molecule has 2 aromatic rings. The van der Waals surface area contributed by atoms with E-state index < -0.39 is 5.41 Å². The van der Waals surface area contributed by atoms with E-state index in [0.29, 0.717) is 12.1 Å².